The summed E-state index contributed by atoms with van der Waals surface area (Å²) in [5.41, 5.74) is 2.90. The van der Waals surface area contributed by atoms with E-state index in [1.165, 1.54) is 0 Å². The highest BCUT2D eigenvalue weighted by atomic mass is 16.2. The van der Waals surface area contributed by atoms with Crippen LogP contribution in [0.5, 0.6) is 0 Å². The first kappa shape index (κ1) is 13.9. The molecule has 1 aromatic carbocycles. The topological polar surface area (TPSA) is 79.8 Å². The fourth-order valence-electron chi connectivity index (χ4n) is 2.04. The summed E-state index contributed by atoms with van der Waals surface area (Å²) >= 11 is 0. The number of benzene rings is 1. The second-order valence-corrected chi connectivity index (χ2v) is 4.64. The first-order chi connectivity index (χ1) is 10.8. The Balaban J connectivity index is 1.94. The third-order valence-electron chi connectivity index (χ3n) is 3.06. The Morgan fingerprint density at radius 1 is 1.09 bits per heavy atom. The number of urea groups is 1. The largest absolute Gasteiger partial charge is 0.338 e. The minimum absolute atomic E-state index is 0.290. The number of pyridine rings is 1. The third kappa shape index (κ3) is 3.01. The fourth-order valence-corrected chi connectivity index (χ4v) is 2.04. The molecule has 0 fully saturated rings. The summed E-state index contributed by atoms with van der Waals surface area (Å²) in [7, 11) is 0. The number of anilines is 1. The molecule has 0 unspecified atom stereocenters. The van der Waals surface area contributed by atoms with Gasteiger partial charge in [0, 0.05) is 12.1 Å². The van der Waals surface area contributed by atoms with Crippen LogP contribution in [0.3, 0.4) is 0 Å². The molecule has 0 spiro atoms. The molecule has 110 valence electrons. The fraction of sp³-hybridized carbons (Fsp3) is 0.125. The molecule has 3 aromatic rings. The van der Waals surface area contributed by atoms with E-state index in [0.717, 1.165) is 11.3 Å². The highest BCUT2D eigenvalue weighted by molar-refractivity contribution is 5.89. The van der Waals surface area contributed by atoms with E-state index in [2.05, 4.69) is 25.6 Å². The van der Waals surface area contributed by atoms with Crippen molar-refractivity contribution in [2.24, 2.45) is 0 Å². The van der Waals surface area contributed by atoms with Crippen LogP contribution in [-0.2, 0) is 0 Å². The van der Waals surface area contributed by atoms with Gasteiger partial charge < -0.3 is 5.32 Å². The number of nitrogens with one attached hydrogen (secondary N) is 2. The quantitative estimate of drug-likeness (QED) is 0.778. The average molecular weight is 293 g/mol. The predicted octanol–water partition coefficient (Wildman–Crippen LogP) is 2.83. The maximum Gasteiger partial charge on any atom is 0.320 e. The lowest BCUT2D eigenvalue weighted by atomic mass is 10.2. The molecular formula is C16H15N5O. The summed E-state index contributed by atoms with van der Waals surface area (Å²) in [6.45, 7) is 2.41. The Kier molecular flexibility index (Phi) is 3.91. The van der Waals surface area contributed by atoms with E-state index in [1.54, 1.807) is 18.3 Å². The van der Waals surface area contributed by atoms with Gasteiger partial charge in [0.1, 0.15) is 11.3 Å². The van der Waals surface area contributed by atoms with Crippen LogP contribution >= 0.6 is 0 Å². The lowest BCUT2D eigenvalue weighted by Crippen LogP contribution is -2.28. The van der Waals surface area contributed by atoms with Crippen molar-refractivity contribution in [1.29, 1.82) is 0 Å². The molecule has 22 heavy (non-hydrogen) atoms. The summed E-state index contributed by atoms with van der Waals surface area (Å²) in [5.74, 6) is 0.443. The molecule has 2 amide bonds. The van der Waals surface area contributed by atoms with Crippen molar-refractivity contribution in [3.8, 4) is 11.3 Å². The molecule has 2 aromatic heterocycles. The highest BCUT2D eigenvalue weighted by Gasteiger charge is 2.06. The molecule has 0 bridgehead atoms. The van der Waals surface area contributed by atoms with Crippen LogP contribution in [0.4, 0.5) is 10.6 Å². The zero-order valence-corrected chi connectivity index (χ0v) is 12.1. The van der Waals surface area contributed by atoms with E-state index in [4.69, 9.17) is 0 Å². The van der Waals surface area contributed by atoms with Crippen LogP contribution in [0, 0.1) is 0 Å². The van der Waals surface area contributed by atoms with Gasteiger partial charge in [-0.3, -0.25) is 10.3 Å². The summed E-state index contributed by atoms with van der Waals surface area (Å²) in [4.78, 5) is 24.8. The molecule has 3 rings (SSSR count). The van der Waals surface area contributed by atoms with Crippen molar-refractivity contribution in [3.05, 3.63) is 48.7 Å². The lowest BCUT2D eigenvalue weighted by Gasteiger charge is -2.06. The molecule has 6 nitrogen and oxygen atoms in total. The van der Waals surface area contributed by atoms with Crippen LogP contribution in [-0.4, -0.2) is 27.5 Å². The standard InChI is InChI=1S/C16H15N5O/c1-2-17-16(22)21-14-9-8-12-15(20-14)19-13(10-18-12)11-6-4-3-5-7-11/h3-10H,2H2,1H3,(H2,17,19,20,21,22). The second kappa shape index (κ2) is 6.17. The summed E-state index contributed by atoms with van der Waals surface area (Å²) in [5, 5.41) is 5.32. The normalized spacial score (nSPS) is 10.4. The first-order valence-electron chi connectivity index (χ1n) is 7.00. The van der Waals surface area contributed by atoms with Crippen molar-refractivity contribution in [2.75, 3.05) is 11.9 Å². The van der Waals surface area contributed by atoms with Crippen LogP contribution in [0.2, 0.25) is 0 Å². The average Bonchev–Trinajstić information content (AvgIpc) is 2.55. The number of hydrogen-bond acceptors (Lipinski definition) is 4. The molecule has 0 aliphatic carbocycles. The van der Waals surface area contributed by atoms with Crippen LogP contribution in [0.25, 0.3) is 22.4 Å². The van der Waals surface area contributed by atoms with Gasteiger partial charge in [0.2, 0.25) is 0 Å². The third-order valence-corrected chi connectivity index (χ3v) is 3.06. The smallest absolute Gasteiger partial charge is 0.320 e. The van der Waals surface area contributed by atoms with Gasteiger partial charge in [-0.15, -0.1) is 0 Å². The maximum absolute atomic E-state index is 11.5. The van der Waals surface area contributed by atoms with Gasteiger partial charge in [0.05, 0.1) is 11.9 Å². The monoisotopic (exact) mass is 293 g/mol. The number of nitrogens with zero attached hydrogens (tertiary/aromatic N) is 3. The zero-order chi connectivity index (χ0) is 15.4. The first-order valence-corrected chi connectivity index (χ1v) is 7.00. The Bertz CT molecular complexity index is 804. The van der Waals surface area contributed by atoms with E-state index >= 15 is 0 Å². The SMILES string of the molecule is CCNC(=O)Nc1ccc2ncc(-c3ccccc3)nc2n1. The Morgan fingerprint density at radius 3 is 2.68 bits per heavy atom. The van der Waals surface area contributed by atoms with E-state index in [1.807, 2.05) is 37.3 Å². The van der Waals surface area contributed by atoms with Gasteiger partial charge in [0.15, 0.2) is 5.65 Å². The van der Waals surface area contributed by atoms with Gasteiger partial charge in [-0.25, -0.2) is 14.8 Å². The molecular weight excluding hydrogens is 278 g/mol. The highest BCUT2D eigenvalue weighted by Crippen LogP contribution is 2.18. The molecule has 0 saturated heterocycles. The predicted molar refractivity (Wildman–Crippen MR) is 85.5 cm³/mol. The van der Waals surface area contributed by atoms with Gasteiger partial charge in [-0.1, -0.05) is 30.3 Å². The van der Waals surface area contributed by atoms with Gasteiger partial charge >= 0.3 is 6.03 Å². The minimum Gasteiger partial charge on any atom is -0.338 e. The molecule has 2 N–H and O–H groups in total. The molecule has 0 aliphatic rings. The molecule has 0 atom stereocenters. The molecule has 0 radical (unpaired) electrons. The van der Waals surface area contributed by atoms with E-state index in [9.17, 15) is 4.79 Å². The van der Waals surface area contributed by atoms with Crippen LogP contribution in [0.15, 0.2) is 48.7 Å². The van der Waals surface area contributed by atoms with Gasteiger partial charge in [-0.2, -0.15) is 0 Å². The number of rotatable bonds is 3. The number of hydrogen-bond donors (Lipinski definition) is 2. The van der Waals surface area contributed by atoms with Crippen molar-refractivity contribution < 1.29 is 4.79 Å². The van der Waals surface area contributed by atoms with Crippen molar-refractivity contribution in [2.45, 2.75) is 6.92 Å². The van der Waals surface area contributed by atoms with Crippen molar-refractivity contribution in [3.63, 3.8) is 0 Å². The number of aromatic nitrogens is 3. The number of carbonyl (C=O) groups is 1. The Hall–Kier alpha value is -3.02. The second-order valence-electron chi connectivity index (χ2n) is 4.64. The van der Waals surface area contributed by atoms with Crippen molar-refractivity contribution >= 4 is 23.0 Å². The minimum atomic E-state index is -0.290. The lowest BCUT2D eigenvalue weighted by molar-refractivity contribution is 0.252. The van der Waals surface area contributed by atoms with E-state index in [-0.39, 0.29) is 6.03 Å². The Morgan fingerprint density at radius 2 is 1.91 bits per heavy atom. The molecule has 6 heteroatoms. The summed E-state index contributed by atoms with van der Waals surface area (Å²) in [6, 6.07) is 13.0. The number of amides is 2. The Labute approximate surface area is 127 Å². The molecule has 2 heterocycles. The van der Waals surface area contributed by atoms with Crippen LogP contribution in [0.1, 0.15) is 6.92 Å². The zero-order valence-electron chi connectivity index (χ0n) is 12.1. The number of fused-ring (bicyclic) bond motifs is 1. The van der Waals surface area contributed by atoms with E-state index in [0.29, 0.717) is 23.5 Å². The van der Waals surface area contributed by atoms with Crippen LogP contribution < -0.4 is 10.6 Å². The van der Waals surface area contributed by atoms with E-state index < -0.39 is 0 Å². The van der Waals surface area contributed by atoms with Crippen molar-refractivity contribution in [1.82, 2.24) is 20.3 Å². The maximum atomic E-state index is 11.5. The molecule has 0 saturated carbocycles. The van der Waals surface area contributed by atoms with Gasteiger partial charge in [-0.05, 0) is 19.1 Å². The number of carbonyl (C=O) groups excluding carboxylic acids is 1. The summed E-state index contributed by atoms with van der Waals surface area (Å²) in [6.07, 6.45) is 1.72. The molecule has 0 aliphatic heterocycles. The van der Waals surface area contributed by atoms with Gasteiger partial charge in [0.25, 0.3) is 0 Å². The summed E-state index contributed by atoms with van der Waals surface area (Å²) < 4.78 is 0.